The largest absolute Gasteiger partial charge is 0.478 e. The summed E-state index contributed by atoms with van der Waals surface area (Å²) in [6.45, 7) is 2.37. The number of carbonyl (C=O) groups excluding carboxylic acids is 2. The van der Waals surface area contributed by atoms with Crippen molar-refractivity contribution in [2.24, 2.45) is 0 Å². The molecule has 1 aliphatic heterocycles. The molecule has 0 unspecified atom stereocenters. The molecule has 0 atom stereocenters. The first-order chi connectivity index (χ1) is 15.9. The van der Waals surface area contributed by atoms with Crippen molar-refractivity contribution in [2.45, 2.75) is 19.8 Å². The maximum atomic E-state index is 13.3. The Kier molecular flexibility index (Phi) is 6.36. The maximum Gasteiger partial charge on any atom is 0.328 e. The summed E-state index contributed by atoms with van der Waals surface area (Å²) in [5.41, 5.74) is 4.74. The van der Waals surface area contributed by atoms with Gasteiger partial charge >= 0.3 is 5.97 Å². The number of para-hydroxylation sites is 1. The zero-order valence-electron chi connectivity index (χ0n) is 18.2. The number of benzene rings is 3. The summed E-state index contributed by atoms with van der Waals surface area (Å²) >= 11 is 0. The molecule has 1 aliphatic rings. The monoisotopic (exact) mass is 440 g/mol. The first-order valence-corrected chi connectivity index (χ1v) is 10.8. The molecule has 166 valence electrons. The molecule has 0 aromatic heterocycles. The topological polar surface area (TPSA) is 86.7 Å². The molecule has 0 bridgehead atoms. The minimum Gasteiger partial charge on any atom is -0.478 e. The number of hydrogen-bond donors (Lipinski definition) is 2. The molecule has 3 aromatic rings. The van der Waals surface area contributed by atoms with Gasteiger partial charge in [-0.05, 0) is 67.3 Å². The van der Waals surface area contributed by atoms with Gasteiger partial charge in [-0.2, -0.15) is 0 Å². The van der Waals surface area contributed by atoms with Gasteiger partial charge in [-0.15, -0.1) is 0 Å². The van der Waals surface area contributed by atoms with Gasteiger partial charge in [0, 0.05) is 35.0 Å². The van der Waals surface area contributed by atoms with Crippen LogP contribution in [0.5, 0.6) is 0 Å². The van der Waals surface area contributed by atoms with Crippen molar-refractivity contribution >= 4 is 34.7 Å². The van der Waals surface area contributed by atoms with Gasteiger partial charge in [-0.25, -0.2) is 4.79 Å². The van der Waals surface area contributed by atoms with Crippen LogP contribution in [-0.2, 0) is 4.79 Å². The fourth-order valence-electron chi connectivity index (χ4n) is 4.05. The van der Waals surface area contributed by atoms with Crippen LogP contribution in [0.3, 0.4) is 0 Å². The SMILES string of the molecule is Cc1ccccc1C(=O)Nc1ccc(C(=O)N2CCC/C(=C\C(=O)O)c3ccccc32)cc1. The van der Waals surface area contributed by atoms with Crippen molar-refractivity contribution in [1.82, 2.24) is 0 Å². The highest BCUT2D eigenvalue weighted by molar-refractivity contribution is 6.09. The molecule has 3 aromatic carbocycles. The lowest BCUT2D eigenvalue weighted by atomic mass is 10.0. The number of rotatable bonds is 4. The summed E-state index contributed by atoms with van der Waals surface area (Å²) in [6, 6.07) is 21.5. The normalized spacial score (nSPS) is 14.3. The molecule has 0 radical (unpaired) electrons. The molecule has 2 N–H and O–H groups in total. The average Bonchev–Trinajstić information content (AvgIpc) is 2.99. The van der Waals surface area contributed by atoms with E-state index in [-0.39, 0.29) is 11.8 Å². The second-order valence-electron chi connectivity index (χ2n) is 7.93. The molecule has 1 heterocycles. The minimum absolute atomic E-state index is 0.171. The lowest BCUT2D eigenvalue weighted by Crippen LogP contribution is -2.31. The molecule has 0 spiro atoms. The second-order valence-corrected chi connectivity index (χ2v) is 7.93. The van der Waals surface area contributed by atoms with Crippen LogP contribution in [0, 0.1) is 6.92 Å². The second kappa shape index (κ2) is 9.53. The first-order valence-electron chi connectivity index (χ1n) is 10.8. The third-order valence-electron chi connectivity index (χ3n) is 5.69. The quantitative estimate of drug-likeness (QED) is 0.549. The number of allylic oxidation sites excluding steroid dienone is 1. The Bertz CT molecular complexity index is 1240. The minimum atomic E-state index is -0.997. The lowest BCUT2D eigenvalue weighted by molar-refractivity contribution is -0.131. The molecular formula is C27H24N2O4. The van der Waals surface area contributed by atoms with Crippen LogP contribution in [0.15, 0.2) is 78.9 Å². The van der Waals surface area contributed by atoms with E-state index in [1.807, 2.05) is 49.4 Å². The van der Waals surface area contributed by atoms with E-state index >= 15 is 0 Å². The third kappa shape index (κ3) is 4.85. The van der Waals surface area contributed by atoms with Crippen molar-refractivity contribution in [1.29, 1.82) is 0 Å². The van der Waals surface area contributed by atoms with Gasteiger partial charge in [0.15, 0.2) is 0 Å². The van der Waals surface area contributed by atoms with Gasteiger partial charge in [0.25, 0.3) is 11.8 Å². The highest BCUT2D eigenvalue weighted by atomic mass is 16.4. The summed E-state index contributed by atoms with van der Waals surface area (Å²) < 4.78 is 0. The van der Waals surface area contributed by atoms with E-state index in [9.17, 15) is 19.5 Å². The summed E-state index contributed by atoms with van der Waals surface area (Å²) in [4.78, 5) is 38.8. The Hall–Kier alpha value is -4.19. The molecule has 33 heavy (non-hydrogen) atoms. The van der Waals surface area contributed by atoms with E-state index in [0.717, 1.165) is 11.1 Å². The van der Waals surface area contributed by atoms with Gasteiger partial charge in [-0.1, -0.05) is 36.4 Å². The average molecular weight is 440 g/mol. The molecule has 0 saturated heterocycles. The smallest absolute Gasteiger partial charge is 0.328 e. The molecule has 0 saturated carbocycles. The number of nitrogens with zero attached hydrogens (tertiary/aromatic N) is 1. The highest BCUT2D eigenvalue weighted by Gasteiger charge is 2.24. The van der Waals surface area contributed by atoms with Crippen LogP contribution >= 0.6 is 0 Å². The molecule has 2 amide bonds. The van der Waals surface area contributed by atoms with Gasteiger partial charge in [0.05, 0.1) is 5.69 Å². The third-order valence-corrected chi connectivity index (χ3v) is 5.69. The predicted molar refractivity (Wildman–Crippen MR) is 129 cm³/mol. The van der Waals surface area contributed by atoms with Crippen molar-refractivity contribution < 1.29 is 19.5 Å². The number of fused-ring (bicyclic) bond motifs is 1. The van der Waals surface area contributed by atoms with Gasteiger partial charge in [-0.3, -0.25) is 9.59 Å². The van der Waals surface area contributed by atoms with Gasteiger partial charge < -0.3 is 15.3 Å². The van der Waals surface area contributed by atoms with E-state index in [4.69, 9.17) is 0 Å². The fourth-order valence-corrected chi connectivity index (χ4v) is 4.05. The maximum absolute atomic E-state index is 13.3. The number of carbonyl (C=O) groups is 3. The fraction of sp³-hybridized carbons (Fsp3) is 0.148. The molecule has 4 rings (SSSR count). The lowest BCUT2D eigenvalue weighted by Gasteiger charge is -2.23. The number of anilines is 2. The summed E-state index contributed by atoms with van der Waals surface area (Å²) in [5.74, 6) is -1.37. The molecule has 0 aliphatic carbocycles. The molecular weight excluding hydrogens is 416 g/mol. The van der Waals surface area contributed by atoms with E-state index < -0.39 is 5.97 Å². The van der Waals surface area contributed by atoms with Crippen LogP contribution in [0.2, 0.25) is 0 Å². The van der Waals surface area contributed by atoms with Crippen LogP contribution in [0.4, 0.5) is 11.4 Å². The van der Waals surface area contributed by atoms with Crippen LogP contribution in [0.1, 0.15) is 44.7 Å². The van der Waals surface area contributed by atoms with Crippen molar-refractivity contribution in [3.8, 4) is 0 Å². The Morgan fingerprint density at radius 1 is 0.939 bits per heavy atom. The van der Waals surface area contributed by atoms with E-state index in [2.05, 4.69) is 5.32 Å². The van der Waals surface area contributed by atoms with Crippen molar-refractivity contribution in [2.75, 3.05) is 16.8 Å². The highest BCUT2D eigenvalue weighted by Crippen LogP contribution is 2.34. The predicted octanol–water partition coefficient (Wildman–Crippen LogP) is 5.16. The van der Waals surface area contributed by atoms with Crippen LogP contribution < -0.4 is 10.2 Å². The van der Waals surface area contributed by atoms with Crippen LogP contribution in [0.25, 0.3) is 5.57 Å². The summed E-state index contributed by atoms with van der Waals surface area (Å²) in [5, 5.41) is 12.1. The first kappa shape index (κ1) is 22.0. The Labute approximate surface area is 192 Å². The standard InChI is InChI=1S/C27H24N2O4/c1-18-7-2-3-9-22(18)26(32)28-21-14-12-19(13-15-21)27(33)29-16-6-8-20(17-25(30)31)23-10-4-5-11-24(23)29/h2-5,7,9-15,17H,6,8,16H2,1H3,(H,28,32)(H,30,31)/b20-17+. The van der Waals surface area contributed by atoms with E-state index in [1.165, 1.54) is 6.08 Å². The van der Waals surface area contributed by atoms with Crippen molar-refractivity contribution in [3.05, 3.63) is 101 Å². The van der Waals surface area contributed by atoms with E-state index in [1.54, 1.807) is 35.2 Å². The van der Waals surface area contributed by atoms with Crippen molar-refractivity contribution in [3.63, 3.8) is 0 Å². The summed E-state index contributed by atoms with van der Waals surface area (Å²) in [7, 11) is 0. The Morgan fingerprint density at radius 2 is 1.64 bits per heavy atom. The number of aliphatic carboxylic acids is 1. The zero-order valence-corrected chi connectivity index (χ0v) is 18.2. The number of hydrogen-bond acceptors (Lipinski definition) is 3. The molecule has 6 nitrogen and oxygen atoms in total. The summed E-state index contributed by atoms with van der Waals surface area (Å²) in [6.07, 6.45) is 2.46. The Balaban J connectivity index is 1.56. The number of nitrogens with one attached hydrogen (secondary N) is 1. The molecule has 0 fully saturated rings. The van der Waals surface area contributed by atoms with E-state index in [0.29, 0.717) is 47.5 Å². The van der Waals surface area contributed by atoms with Crippen LogP contribution in [-0.4, -0.2) is 29.4 Å². The number of amides is 2. The number of carboxylic acid groups (broad SMARTS) is 1. The van der Waals surface area contributed by atoms with Gasteiger partial charge in [0.2, 0.25) is 0 Å². The van der Waals surface area contributed by atoms with Gasteiger partial charge in [0.1, 0.15) is 0 Å². The molecule has 6 heteroatoms. The number of carboxylic acids is 1. The zero-order chi connectivity index (χ0) is 23.4. The Morgan fingerprint density at radius 3 is 2.36 bits per heavy atom. The number of aryl methyl sites for hydroxylation is 1.